The number of aliphatic hydroxyl groups excluding tert-OH is 1. The number of esters is 1. The summed E-state index contributed by atoms with van der Waals surface area (Å²) in [5.41, 5.74) is 3.94. The van der Waals surface area contributed by atoms with Crippen LogP contribution >= 0.6 is 0 Å². The second-order valence-corrected chi connectivity index (χ2v) is 7.81. The molecule has 2 aliphatic rings. The van der Waals surface area contributed by atoms with Crippen LogP contribution in [0.15, 0.2) is 85.1 Å². The Bertz CT molecular complexity index is 768. The van der Waals surface area contributed by atoms with E-state index in [1.54, 1.807) is 0 Å². The average molecular weight is 397 g/mol. The normalized spacial score (nSPS) is 29.7. The van der Waals surface area contributed by atoms with Crippen LogP contribution in [0.1, 0.15) is 39.0 Å². The summed E-state index contributed by atoms with van der Waals surface area (Å²) >= 11 is 0. The van der Waals surface area contributed by atoms with Crippen molar-refractivity contribution in [2.45, 2.75) is 63.4 Å². The van der Waals surface area contributed by atoms with Crippen LogP contribution in [0.25, 0.3) is 0 Å². The Labute approximate surface area is 174 Å². The van der Waals surface area contributed by atoms with Gasteiger partial charge < -0.3 is 14.6 Å². The van der Waals surface area contributed by atoms with Crippen LogP contribution in [0.2, 0.25) is 0 Å². The van der Waals surface area contributed by atoms with Crippen molar-refractivity contribution in [1.82, 2.24) is 0 Å². The van der Waals surface area contributed by atoms with Gasteiger partial charge in [0.15, 0.2) is 0 Å². The molecule has 2 aliphatic heterocycles. The van der Waals surface area contributed by atoms with Crippen LogP contribution in [0, 0.1) is 0 Å². The number of hydrogen-bond acceptors (Lipinski definition) is 4. The first kappa shape index (κ1) is 22.9. The van der Waals surface area contributed by atoms with E-state index in [1.165, 1.54) is 0 Å². The summed E-state index contributed by atoms with van der Waals surface area (Å²) in [5, 5.41) is 10.5. The molecule has 4 atom stereocenters. The molecule has 4 heteroatoms. The number of cyclic esters (lactones) is 1. The number of carbonyl (C=O) groups is 1. The average Bonchev–Trinajstić information content (AvgIpc) is 3.44. The lowest BCUT2D eigenvalue weighted by molar-refractivity contribution is -0.146. The molecule has 0 aromatic rings. The zero-order valence-corrected chi connectivity index (χ0v) is 17.4. The molecule has 4 nitrogen and oxygen atoms in total. The van der Waals surface area contributed by atoms with Gasteiger partial charge in [-0.1, -0.05) is 62.3 Å². The van der Waals surface area contributed by atoms with Crippen molar-refractivity contribution >= 4 is 5.97 Å². The quantitative estimate of drug-likeness (QED) is 0.318. The van der Waals surface area contributed by atoms with Gasteiger partial charge in [0.2, 0.25) is 0 Å². The fraction of sp³-hybridized carbons (Fsp3) is 0.400. The third kappa shape index (κ3) is 7.15. The van der Waals surface area contributed by atoms with Gasteiger partial charge in [-0.25, -0.2) is 0 Å². The number of hydrogen-bond donors (Lipinski definition) is 1. The molecule has 1 N–H and O–H groups in total. The zero-order valence-electron chi connectivity index (χ0n) is 17.4. The van der Waals surface area contributed by atoms with Crippen LogP contribution in [0.4, 0.5) is 0 Å². The van der Waals surface area contributed by atoms with Gasteiger partial charge in [0.25, 0.3) is 0 Å². The molecule has 0 aromatic heterocycles. The summed E-state index contributed by atoms with van der Waals surface area (Å²) in [4.78, 5) is 12.3. The summed E-state index contributed by atoms with van der Waals surface area (Å²) in [7, 11) is 0. The van der Waals surface area contributed by atoms with Gasteiger partial charge in [0, 0.05) is 12.8 Å². The highest BCUT2D eigenvalue weighted by Crippen LogP contribution is 2.37. The van der Waals surface area contributed by atoms with E-state index in [-0.39, 0.29) is 24.6 Å². The summed E-state index contributed by atoms with van der Waals surface area (Å²) in [6.07, 6.45) is 8.19. The Hall–Kier alpha value is -2.43. The van der Waals surface area contributed by atoms with Gasteiger partial charge in [-0.3, -0.25) is 4.79 Å². The first-order chi connectivity index (χ1) is 13.7. The molecule has 2 fully saturated rings. The van der Waals surface area contributed by atoms with E-state index >= 15 is 0 Å². The first-order valence-electron chi connectivity index (χ1n) is 9.92. The van der Waals surface area contributed by atoms with E-state index in [0.717, 1.165) is 22.3 Å². The van der Waals surface area contributed by atoms with E-state index in [9.17, 15) is 9.90 Å². The summed E-state index contributed by atoms with van der Waals surface area (Å²) in [5.74, 6) is -0.289. The van der Waals surface area contributed by atoms with E-state index in [0.29, 0.717) is 31.3 Å². The number of ether oxygens (including phenoxy) is 2. The lowest BCUT2D eigenvalue weighted by Gasteiger charge is -2.18. The van der Waals surface area contributed by atoms with Gasteiger partial charge in [-0.2, -0.15) is 0 Å². The molecular formula is C25H32O4. The minimum atomic E-state index is -0.784. The smallest absolute Gasteiger partial charge is 0.306 e. The highest BCUT2D eigenvalue weighted by molar-refractivity contribution is 5.70. The second kappa shape index (κ2) is 10.4. The van der Waals surface area contributed by atoms with E-state index < -0.39 is 12.2 Å². The first-order valence-corrected chi connectivity index (χ1v) is 9.92. The van der Waals surface area contributed by atoms with Crippen LogP contribution in [-0.2, 0) is 14.3 Å². The molecule has 0 aromatic carbocycles. The van der Waals surface area contributed by atoms with E-state index in [4.69, 9.17) is 9.47 Å². The van der Waals surface area contributed by atoms with Gasteiger partial charge in [-0.15, -0.1) is 0 Å². The molecule has 0 radical (unpaired) electrons. The standard InChI is InChI=1S/C25H32O4/c1-16(2)10-8-7-9-11-21-15-20(6)24-25(29-24)23(27)19(5)14-18(4)17(3)12-13-22(26)28-21/h8-11,21,23-25,27H,1,3-7,12-15H2,2H3/b10-8+,11-9+/t21-,23+,24-,25-/m0/s1. The van der Waals surface area contributed by atoms with Gasteiger partial charge in [0.05, 0.1) is 0 Å². The Morgan fingerprint density at radius 3 is 2.55 bits per heavy atom. The van der Waals surface area contributed by atoms with Crippen molar-refractivity contribution in [3.8, 4) is 0 Å². The highest BCUT2D eigenvalue weighted by Gasteiger charge is 2.47. The maximum atomic E-state index is 12.3. The molecule has 156 valence electrons. The summed E-state index contributed by atoms with van der Waals surface area (Å²) in [6, 6.07) is 0. The van der Waals surface area contributed by atoms with Crippen molar-refractivity contribution in [2.75, 3.05) is 0 Å². The van der Waals surface area contributed by atoms with Crippen molar-refractivity contribution < 1.29 is 19.4 Å². The Kier molecular flexibility index (Phi) is 8.18. The molecule has 2 saturated heterocycles. The third-order valence-corrected chi connectivity index (χ3v) is 5.00. The lowest BCUT2D eigenvalue weighted by Crippen LogP contribution is -2.23. The van der Waals surface area contributed by atoms with Crippen LogP contribution in [0.3, 0.4) is 0 Å². The van der Waals surface area contributed by atoms with Crippen LogP contribution in [-0.4, -0.2) is 35.5 Å². The number of fused-ring (bicyclic) bond motifs is 1. The largest absolute Gasteiger partial charge is 0.458 e. The molecule has 0 spiro atoms. The fourth-order valence-electron chi connectivity index (χ4n) is 3.19. The molecule has 0 aliphatic carbocycles. The highest BCUT2D eigenvalue weighted by atomic mass is 16.6. The SMILES string of the molecule is C=C(C)/C=C/C/C=C/[C@H]1CC(=C)[C@@H]2O[C@H]2[C@H](O)C(=C)CC(=C)C(=C)CCC(=O)O1. The predicted molar refractivity (Wildman–Crippen MR) is 117 cm³/mol. The molecule has 0 amide bonds. The molecule has 0 unspecified atom stereocenters. The topological polar surface area (TPSA) is 59.1 Å². The summed E-state index contributed by atoms with van der Waals surface area (Å²) in [6.45, 7) is 21.8. The van der Waals surface area contributed by atoms with Crippen molar-refractivity contribution in [3.05, 3.63) is 85.1 Å². The molecule has 0 bridgehead atoms. The van der Waals surface area contributed by atoms with Gasteiger partial charge >= 0.3 is 5.97 Å². The van der Waals surface area contributed by atoms with Crippen molar-refractivity contribution in [1.29, 1.82) is 0 Å². The van der Waals surface area contributed by atoms with E-state index in [2.05, 4.69) is 32.9 Å². The van der Waals surface area contributed by atoms with Crippen LogP contribution in [0.5, 0.6) is 0 Å². The Balaban J connectivity index is 2.11. The number of epoxide rings is 1. The maximum absolute atomic E-state index is 12.3. The predicted octanol–water partition coefficient (Wildman–Crippen LogP) is 4.90. The molecule has 29 heavy (non-hydrogen) atoms. The van der Waals surface area contributed by atoms with Crippen molar-refractivity contribution in [3.63, 3.8) is 0 Å². The number of rotatable bonds is 4. The van der Waals surface area contributed by atoms with Gasteiger partial charge in [0.1, 0.15) is 24.4 Å². The number of carbonyl (C=O) groups excluding carboxylic acids is 1. The maximum Gasteiger partial charge on any atom is 0.306 e. The molecule has 0 saturated carbocycles. The molecular weight excluding hydrogens is 364 g/mol. The minimum absolute atomic E-state index is 0.224. The zero-order chi connectivity index (χ0) is 21.6. The summed E-state index contributed by atoms with van der Waals surface area (Å²) < 4.78 is 11.3. The second-order valence-electron chi connectivity index (χ2n) is 7.81. The molecule has 2 heterocycles. The monoisotopic (exact) mass is 396 g/mol. The van der Waals surface area contributed by atoms with Crippen LogP contribution < -0.4 is 0 Å². The minimum Gasteiger partial charge on any atom is -0.458 e. The lowest BCUT2D eigenvalue weighted by atomic mass is 9.92. The number of allylic oxidation sites excluding steroid dienone is 6. The van der Waals surface area contributed by atoms with Crippen molar-refractivity contribution in [2.24, 2.45) is 0 Å². The van der Waals surface area contributed by atoms with E-state index in [1.807, 2.05) is 31.2 Å². The van der Waals surface area contributed by atoms with Gasteiger partial charge in [-0.05, 0) is 49.0 Å². The fourth-order valence-corrected chi connectivity index (χ4v) is 3.19. The Morgan fingerprint density at radius 2 is 1.86 bits per heavy atom. The Morgan fingerprint density at radius 1 is 1.14 bits per heavy atom. The number of aliphatic hydroxyl groups is 1. The molecule has 2 rings (SSSR count). The third-order valence-electron chi connectivity index (χ3n) is 5.00.